The summed E-state index contributed by atoms with van der Waals surface area (Å²) in [6, 6.07) is 5.64. The van der Waals surface area contributed by atoms with Crippen LogP contribution >= 0.6 is 0 Å². The van der Waals surface area contributed by atoms with E-state index in [1.807, 2.05) is 6.92 Å². The predicted molar refractivity (Wildman–Crippen MR) is 135 cm³/mol. The number of halogens is 2. The number of aliphatic carboxylic acids is 2. The van der Waals surface area contributed by atoms with Crippen LogP contribution < -0.4 is 19.7 Å². The molecule has 37 heavy (non-hydrogen) atoms. The average molecular weight is 519 g/mol. The van der Waals surface area contributed by atoms with Gasteiger partial charge in [-0.3, -0.25) is 0 Å². The number of benzene rings is 2. The number of rotatable bonds is 7. The van der Waals surface area contributed by atoms with E-state index >= 15 is 0 Å². The summed E-state index contributed by atoms with van der Waals surface area (Å²) in [5.41, 5.74) is 5.16. The molecular weight excluding hydrogens is 486 g/mol. The summed E-state index contributed by atoms with van der Waals surface area (Å²) >= 11 is 0. The van der Waals surface area contributed by atoms with Gasteiger partial charge < -0.3 is 29.9 Å². The van der Waals surface area contributed by atoms with Crippen LogP contribution in [-0.4, -0.2) is 61.0 Å². The van der Waals surface area contributed by atoms with Gasteiger partial charge in [-0.15, -0.1) is 0 Å². The number of ether oxygens (including phenoxy) is 2. The number of anilines is 1. The minimum absolute atomic E-state index is 0.0939. The molecule has 2 aliphatic heterocycles. The molecule has 0 aliphatic carbocycles. The van der Waals surface area contributed by atoms with Crippen molar-refractivity contribution < 1.29 is 38.1 Å². The second-order valence-electron chi connectivity index (χ2n) is 8.76. The van der Waals surface area contributed by atoms with Crippen molar-refractivity contribution in [3.8, 4) is 11.5 Å². The maximum atomic E-state index is 14.1. The standard InChI is InChI=1S/C23H28F2N2O2.C4H4O4/c1-3-18(29-21-5-4-17(24)13-20(21)25)14-27-10-11-28-22-12-16-6-8-26-9-7-19(16)15(2)23(22)27;5-3(6)1-2-4(7)8/h4-5,12-13,18,26H,3,6-11,14H2,1-2H3;1-2H,(H,5,6)(H,7,8)/b;2-1+. The molecule has 4 rings (SSSR count). The summed E-state index contributed by atoms with van der Waals surface area (Å²) < 4.78 is 39.2. The number of carboxylic acids is 2. The Labute approximate surface area is 214 Å². The molecule has 0 fully saturated rings. The minimum atomic E-state index is -1.26. The van der Waals surface area contributed by atoms with Gasteiger partial charge in [0.2, 0.25) is 0 Å². The van der Waals surface area contributed by atoms with Crippen molar-refractivity contribution >= 4 is 17.6 Å². The van der Waals surface area contributed by atoms with Gasteiger partial charge in [-0.05, 0) is 74.2 Å². The molecule has 1 atom stereocenters. The Bertz CT molecular complexity index is 1140. The lowest BCUT2D eigenvalue weighted by atomic mass is 9.94. The van der Waals surface area contributed by atoms with Crippen molar-refractivity contribution in [3.05, 3.63) is 64.7 Å². The molecule has 0 radical (unpaired) electrons. The number of hydrogen-bond acceptors (Lipinski definition) is 6. The highest BCUT2D eigenvalue weighted by Crippen LogP contribution is 2.39. The Morgan fingerprint density at radius 3 is 2.51 bits per heavy atom. The van der Waals surface area contributed by atoms with Crippen molar-refractivity contribution in [2.75, 3.05) is 37.7 Å². The van der Waals surface area contributed by atoms with Crippen LogP contribution in [0.2, 0.25) is 0 Å². The van der Waals surface area contributed by atoms with Crippen molar-refractivity contribution in [2.45, 2.75) is 39.2 Å². The number of nitrogens with zero attached hydrogens (tertiary/aromatic N) is 1. The number of fused-ring (bicyclic) bond motifs is 2. The van der Waals surface area contributed by atoms with Crippen molar-refractivity contribution in [3.63, 3.8) is 0 Å². The summed E-state index contributed by atoms with van der Waals surface area (Å²) in [5.74, 6) is -2.76. The normalized spacial score (nSPS) is 15.4. The SMILES string of the molecule is CCC(CN1CCOc2cc3c(c(C)c21)CCNCC3)Oc1ccc(F)cc1F.O=C(O)/C=C/C(=O)O. The molecule has 0 amide bonds. The van der Waals surface area contributed by atoms with E-state index in [9.17, 15) is 18.4 Å². The second-order valence-corrected chi connectivity index (χ2v) is 8.76. The largest absolute Gasteiger partial charge is 0.490 e. The van der Waals surface area contributed by atoms with Crippen LogP contribution in [0.3, 0.4) is 0 Å². The quantitative estimate of drug-likeness (QED) is 0.476. The molecule has 8 nitrogen and oxygen atoms in total. The minimum Gasteiger partial charge on any atom is -0.490 e. The lowest BCUT2D eigenvalue weighted by Crippen LogP contribution is -2.41. The Morgan fingerprint density at radius 1 is 1.16 bits per heavy atom. The zero-order valence-electron chi connectivity index (χ0n) is 20.9. The van der Waals surface area contributed by atoms with E-state index in [1.165, 1.54) is 28.8 Å². The van der Waals surface area contributed by atoms with Gasteiger partial charge in [0.1, 0.15) is 24.3 Å². The summed E-state index contributed by atoms with van der Waals surface area (Å²) in [5, 5.41) is 19.1. The summed E-state index contributed by atoms with van der Waals surface area (Å²) in [4.78, 5) is 21.4. The molecule has 3 N–H and O–H groups in total. The molecule has 10 heteroatoms. The molecule has 2 aliphatic rings. The van der Waals surface area contributed by atoms with E-state index in [1.54, 1.807) is 0 Å². The first-order chi connectivity index (χ1) is 17.7. The third kappa shape index (κ3) is 7.66. The van der Waals surface area contributed by atoms with Gasteiger partial charge in [0, 0.05) is 18.2 Å². The molecule has 0 saturated heterocycles. The Hall–Kier alpha value is -3.66. The van der Waals surface area contributed by atoms with Gasteiger partial charge in [-0.25, -0.2) is 18.4 Å². The Kier molecular flexibility index (Phi) is 9.85. The summed E-state index contributed by atoms with van der Waals surface area (Å²) in [7, 11) is 0. The highest BCUT2D eigenvalue weighted by molar-refractivity contribution is 5.89. The van der Waals surface area contributed by atoms with Gasteiger partial charge in [-0.2, -0.15) is 0 Å². The fourth-order valence-corrected chi connectivity index (χ4v) is 4.47. The number of hydrogen-bond donors (Lipinski definition) is 3. The highest BCUT2D eigenvalue weighted by Gasteiger charge is 2.27. The summed E-state index contributed by atoms with van der Waals surface area (Å²) in [6.45, 7) is 8.17. The first-order valence-electron chi connectivity index (χ1n) is 12.2. The number of carbonyl (C=O) groups is 2. The van der Waals surface area contributed by atoms with Crippen LogP contribution in [0.25, 0.3) is 0 Å². The summed E-state index contributed by atoms with van der Waals surface area (Å²) in [6.07, 6.45) is 3.65. The lowest BCUT2D eigenvalue weighted by Gasteiger charge is -2.36. The van der Waals surface area contributed by atoms with Crippen LogP contribution in [0.5, 0.6) is 11.5 Å². The highest BCUT2D eigenvalue weighted by atomic mass is 19.1. The lowest BCUT2D eigenvalue weighted by molar-refractivity contribution is -0.134. The molecule has 0 spiro atoms. The molecule has 0 saturated carbocycles. The maximum absolute atomic E-state index is 14.1. The van der Waals surface area contributed by atoms with Crippen molar-refractivity contribution in [2.24, 2.45) is 0 Å². The van der Waals surface area contributed by atoms with Crippen LogP contribution in [0, 0.1) is 18.6 Å². The molecule has 1 unspecified atom stereocenters. The van der Waals surface area contributed by atoms with E-state index in [2.05, 4.69) is 23.2 Å². The first-order valence-corrected chi connectivity index (χ1v) is 12.2. The van der Waals surface area contributed by atoms with Gasteiger partial charge in [0.25, 0.3) is 0 Å². The van der Waals surface area contributed by atoms with Crippen molar-refractivity contribution in [1.82, 2.24) is 5.32 Å². The third-order valence-corrected chi connectivity index (χ3v) is 6.23. The van der Waals surface area contributed by atoms with Crippen LogP contribution in [0.4, 0.5) is 14.5 Å². The van der Waals surface area contributed by atoms with Gasteiger partial charge >= 0.3 is 11.9 Å². The second kappa shape index (κ2) is 13.0. The van der Waals surface area contributed by atoms with E-state index in [0.717, 1.165) is 56.4 Å². The molecule has 2 aromatic rings. The molecule has 0 aromatic heterocycles. The Balaban J connectivity index is 0.000000414. The fourth-order valence-electron chi connectivity index (χ4n) is 4.47. The molecule has 200 valence electrons. The monoisotopic (exact) mass is 518 g/mol. The third-order valence-electron chi connectivity index (χ3n) is 6.23. The zero-order chi connectivity index (χ0) is 26.9. The Morgan fingerprint density at radius 2 is 1.86 bits per heavy atom. The van der Waals surface area contributed by atoms with Gasteiger partial charge in [0.15, 0.2) is 11.6 Å². The fraction of sp³-hybridized carbons (Fsp3) is 0.407. The topological polar surface area (TPSA) is 108 Å². The molecule has 0 bridgehead atoms. The van der Waals surface area contributed by atoms with E-state index in [4.69, 9.17) is 19.7 Å². The number of carboxylic acid groups (broad SMARTS) is 2. The average Bonchev–Trinajstić information content (AvgIpc) is 3.10. The molecule has 2 heterocycles. The molecular formula is C27H32F2N2O6. The maximum Gasteiger partial charge on any atom is 0.328 e. The van der Waals surface area contributed by atoms with Crippen LogP contribution in [0.1, 0.15) is 30.0 Å². The smallest absolute Gasteiger partial charge is 0.328 e. The zero-order valence-corrected chi connectivity index (χ0v) is 20.9. The van der Waals surface area contributed by atoms with E-state index in [-0.39, 0.29) is 11.9 Å². The van der Waals surface area contributed by atoms with Crippen LogP contribution in [0.15, 0.2) is 36.4 Å². The van der Waals surface area contributed by atoms with Crippen molar-refractivity contribution in [1.29, 1.82) is 0 Å². The van der Waals surface area contributed by atoms with E-state index < -0.39 is 23.6 Å². The van der Waals surface area contributed by atoms with Crippen LogP contribution in [-0.2, 0) is 22.4 Å². The first kappa shape index (κ1) is 27.9. The number of nitrogens with one attached hydrogen (secondary N) is 1. The predicted octanol–water partition coefficient (Wildman–Crippen LogP) is 3.73. The van der Waals surface area contributed by atoms with Gasteiger partial charge in [-0.1, -0.05) is 6.92 Å². The molecule has 2 aromatic carbocycles. The van der Waals surface area contributed by atoms with E-state index in [0.29, 0.717) is 25.3 Å². The van der Waals surface area contributed by atoms with Gasteiger partial charge in [0.05, 0.1) is 18.8 Å².